The van der Waals surface area contributed by atoms with Crippen molar-refractivity contribution in [3.05, 3.63) is 188 Å². The summed E-state index contributed by atoms with van der Waals surface area (Å²) in [5, 5.41) is 4.10. The van der Waals surface area contributed by atoms with E-state index in [0.717, 1.165) is 16.8 Å². The summed E-state index contributed by atoms with van der Waals surface area (Å²) >= 11 is 0. The van der Waals surface area contributed by atoms with Crippen molar-refractivity contribution in [3.8, 4) is 22.4 Å². The molecule has 6 aromatic carbocycles. The summed E-state index contributed by atoms with van der Waals surface area (Å²) in [6, 6.07) is 58.3. The molecule has 0 fully saturated rings. The molecule has 0 aliphatic carbocycles. The minimum absolute atomic E-state index is 0.628. The predicted octanol–water partition coefficient (Wildman–Crippen LogP) is 7.69. The summed E-state index contributed by atoms with van der Waals surface area (Å²) in [5.41, 5.74) is 3.26. The molecule has 222 valence electrons. The number of pyridine rings is 1. The Labute approximate surface area is 270 Å². The SMILES string of the molecule is O=P(c1ccccc1)(c1ccccc1)c1cccc(P(=O)(c2ccccc2)c2ccccc2)c1-c1ccc(-c2ccccc2)nc1. The van der Waals surface area contributed by atoms with Crippen molar-refractivity contribution < 1.29 is 9.13 Å². The Kier molecular flexibility index (Phi) is 8.20. The van der Waals surface area contributed by atoms with Crippen LogP contribution in [0.5, 0.6) is 0 Å². The van der Waals surface area contributed by atoms with Gasteiger partial charge in [0.25, 0.3) is 0 Å². The first-order valence-electron chi connectivity index (χ1n) is 15.2. The molecule has 1 aromatic heterocycles. The molecular weight excluding hydrogens is 600 g/mol. The number of rotatable bonds is 8. The molecule has 0 atom stereocenters. The van der Waals surface area contributed by atoms with Gasteiger partial charge in [0, 0.05) is 54.7 Å². The zero-order valence-electron chi connectivity index (χ0n) is 25.1. The molecule has 0 radical (unpaired) electrons. The standard InChI is InChI=1S/C41H31NO2P2/c43-45(34-19-8-2-9-20-34,35-21-10-3-11-22-35)39-27-16-28-40(41(39)33-29-30-38(42-31-33)32-17-6-1-7-18-32)46(44,36-23-12-4-13-24-36)37-25-14-5-15-26-37/h1-31H. The van der Waals surface area contributed by atoms with Gasteiger partial charge in [-0.1, -0.05) is 176 Å². The lowest BCUT2D eigenvalue weighted by molar-refractivity contribution is 0.592. The van der Waals surface area contributed by atoms with Gasteiger partial charge in [0.15, 0.2) is 14.3 Å². The van der Waals surface area contributed by atoms with Crippen LogP contribution in [0, 0.1) is 0 Å². The highest BCUT2D eigenvalue weighted by molar-refractivity contribution is 7.87. The first kappa shape index (κ1) is 29.6. The van der Waals surface area contributed by atoms with Crippen LogP contribution in [0.1, 0.15) is 0 Å². The van der Waals surface area contributed by atoms with Crippen molar-refractivity contribution in [2.45, 2.75) is 0 Å². The molecule has 0 unspecified atom stereocenters. The summed E-state index contributed by atoms with van der Waals surface area (Å²) in [7, 11) is -6.96. The summed E-state index contributed by atoms with van der Waals surface area (Å²) in [6.07, 6.45) is 1.82. The Morgan fingerprint density at radius 3 is 1.07 bits per heavy atom. The highest BCUT2D eigenvalue weighted by Crippen LogP contribution is 2.50. The topological polar surface area (TPSA) is 47.0 Å². The fourth-order valence-electron chi connectivity index (χ4n) is 6.08. The monoisotopic (exact) mass is 631 g/mol. The first-order valence-corrected chi connectivity index (χ1v) is 18.6. The third-order valence-electron chi connectivity index (χ3n) is 8.30. The molecule has 0 saturated carbocycles. The lowest BCUT2D eigenvalue weighted by Gasteiger charge is -2.28. The quantitative estimate of drug-likeness (QED) is 0.162. The van der Waals surface area contributed by atoms with Crippen molar-refractivity contribution >= 4 is 46.1 Å². The Morgan fingerprint density at radius 1 is 0.348 bits per heavy atom. The van der Waals surface area contributed by atoms with Gasteiger partial charge < -0.3 is 9.13 Å². The number of nitrogens with zero attached hydrogens (tertiary/aromatic N) is 1. The van der Waals surface area contributed by atoms with Crippen LogP contribution >= 0.6 is 14.3 Å². The van der Waals surface area contributed by atoms with Crippen LogP contribution < -0.4 is 31.8 Å². The van der Waals surface area contributed by atoms with Gasteiger partial charge in [-0.2, -0.15) is 0 Å². The van der Waals surface area contributed by atoms with Crippen LogP contribution in [0.4, 0.5) is 0 Å². The van der Waals surface area contributed by atoms with Crippen LogP contribution in [-0.2, 0) is 9.13 Å². The van der Waals surface area contributed by atoms with Crippen LogP contribution in [0.25, 0.3) is 22.4 Å². The summed E-state index contributed by atoms with van der Waals surface area (Å²) in [6.45, 7) is 0. The van der Waals surface area contributed by atoms with Crippen molar-refractivity contribution in [3.63, 3.8) is 0 Å². The van der Waals surface area contributed by atoms with E-state index in [0.29, 0.717) is 37.4 Å². The second kappa shape index (κ2) is 12.7. The summed E-state index contributed by atoms with van der Waals surface area (Å²) in [5.74, 6) is 0. The van der Waals surface area contributed by atoms with E-state index in [1.54, 1.807) is 0 Å². The van der Waals surface area contributed by atoms with E-state index in [2.05, 4.69) is 0 Å². The lowest BCUT2D eigenvalue weighted by Crippen LogP contribution is -2.33. The number of benzene rings is 6. The van der Waals surface area contributed by atoms with Gasteiger partial charge >= 0.3 is 0 Å². The van der Waals surface area contributed by atoms with Crippen LogP contribution in [0.15, 0.2) is 188 Å². The van der Waals surface area contributed by atoms with E-state index in [9.17, 15) is 0 Å². The third-order valence-corrected chi connectivity index (χ3v) is 14.5. The van der Waals surface area contributed by atoms with E-state index in [1.165, 1.54) is 0 Å². The predicted molar refractivity (Wildman–Crippen MR) is 194 cm³/mol. The molecule has 0 aliphatic rings. The highest BCUT2D eigenvalue weighted by atomic mass is 31.2. The second-order valence-corrected chi connectivity index (χ2v) is 16.5. The van der Waals surface area contributed by atoms with E-state index >= 15 is 9.13 Å². The minimum atomic E-state index is -3.48. The summed E-state index contributed by atoms with van der Waals surface area (Å²) in [4.78, 5) is 4.88. The van der Waals surface area contributed by atoms with Crippen LogP contribution in [-0.4, -0.2) is 4.98 Å². The fourth-order valence-corrected chi connectivity index (χ4v) is 12.0. The second-order valence-electron chi connectivity index (χ2n) is 11.0. The average molecular weight is 632 g/mol. The number of hydrogen-bond donors (Lipinski definition) is 0. The Bertz CT molecular complexity index is 1970. The third kappa shape index (κ3) is 5.29. The molecule has 0 spiro atoms. The molecule has 3 nitrogen and oxygen atoms in total. The van der Waals surface area contributed by atoms with E-state index in [1.807, 2.05) is 188 Å². The normalized spacial score (nSPS) is 11.7. The molecule has 1 heterocycles. The Balaban J connectivity index is 1.58. The first-order chi connectivity index (χ1) is 22.6. The van der Waals surface area contributed by atoms with Gasteiger partial charge in [-0.05, 0) is 6.07 Å². The zero-order valence-corrected chi connectivity index (χ0v) is 26.8. The largest absolute Gasteiger partial charge is 0.309 e. The maximum Gasteiger partial charge on any atom is 0.171 e. The number of aromatic nitrogens is 1. The van der Waals surface area contributed by atoms with Crippen LogP contribution in [0.3, 0.4) is 0 Å². The average Bonchev–Trinajstić information content (AvgIpc) is 3.16. The molecule has 7 aromatic rings. The fraction of sp³-hybridized carbons (Fsp3) is 0. The van der Waals surface area contributed by atoms with Gasteiger partial charge in [-0.15, -0.1) is 0 Å². The van der Waals surface area contributed by atoms with Gasteiger partial charge in [0.1, 0.15) is 0 Å². The molecule has 46 heavy (non-hydrogen) atoms. The molecule has 0 aliphatic heterocycles. The van der Waals surface area contributed by atoms with Crippen LogP contribution in [0.2, 0.25) is 0 Å². The Hall–Kier alpha value is -5.07. The lowest BCUT2D eigenvalue weighted by atomic mass is 10.1. The zero-order chi connectivity index (χ0) is 31.4. The smallest absolute Gasteiger partial charge is 0.171 e. The molecule has 0 N–H and O–H groups in total. The molecule has 0 saturated heterocycles. The summed E-state index contributed by atoms with van der Waals surface area (Å²) < 4.78 is 31.9. The molecular formula is C41H31NO2P2. The van der Waals surface area contributed by atoms with Crippen molar-refractivity contribution in [1.82, 2.24) is 4.98 Å². The van der Waals surface area contributed by atoms with Gasteiger partial charge in [0.05, 0.1) is 5.69 Å². The molecule has 0 bridgehead atoms. The molecule has 5 heteroatoms. The van der Waals surface area contributed by atoms with E-state index < -0.39 is 14.3 Å². The van der Waals surface area contributed by atoms with Crippen molar-refractivity contribution in [2.24, 2.45) is 0 Å². The molecule has 7 rings (SSSR count). The highest BCUT2D eigenvalue weighted by Gasteiger charge is 2.38. The van der Waals surface area contributed by atoms with Gasteiger partial charge in [0.2, 0.25) is 0 Å². The van der Waals surface area contributed by atoms with E-state index in [-0.39, 0.29) is 0 Å². The van der Waals surface area contributed by atoms with Crippen molar-refractivity contribution in [2.75, 3.05) is 0 Å². The van der Waals surface area contributed by atoms with Gasteiger partial charge in [-0.3, -0.25) is 4.98 Å². The number of hydrogen-bond acceptors (Lipinski definition) is 3. The van der Waals surface area contributed by atoms with E-state index in [4.69, 9.17) is 4.98 Å². The maximum atomic E-state index is 15.9. The Morgan fingerprint density at radius 2 is 0.717 bits per heavy atom. The van der Waals surface area contributed by atoms with Crippen molar-refractivity contribution in [1.29, 1.82) is 0 Å². The maximum absolute atomic E-state index is 15.9. The minimum Gasteiger partial charge on any atom is -0.309 e. The van der Waals surface area contributed by atoms with Gasteiger partial charge in [-0.25, -0.2) is 0 Å². The molecule has 0 amide bonds.